The fraction of sp³-hybridized carbons (Fsp3) is 0.571. The molecule has 3 nitrogen and oxygen atoms in total. The van der Waals surface area contributed by atoms with Crippen LogP contribution < -0.4 is 11.1 Å². The molecule has 0 aromatic heterocycles. The molecule has 1 aromatic rings. The number of ether oxygens (including phenoxy) is 1. The number of nitrogens with two attached hydrogens (primary N) is 1. The molecule has 1 aliphatic rings. The maximum Gasteiger partial charge on any atom is 0.0490 e. The Balaban J connectivity index is 2.06. The largest absolute Gasteiger partial charge is 0.398 e. The van der Waals surface area contributed by atoms with Gasteiger partial charge in [-0.1, -0.05) is 0 Å². The summed E-state index contributed by atoms with van der Waals surface area (Å²) in [6.07, 6.45) is 2.28. The van der Waals surface area contributed by atoms with Gasteiger partial charge < -0.3 is 15.8 Å². The van der Waals surface area contributed by atoms with Crippen LogP contribution in [-0.2, 0) is 4.74 Å². The fourth-order valence-corrected chi connectivity index (χ4v) is 2.86. The molecule has 0 spiro atoms. The summed E-state index contributed by atoms with van der Waals surface area (Å²) in [5.74, 6) is 0.684. The average molecular weight is 313 g/mol. The van der Waals surface area contributed by atoms with E-state index >= 15 is 0 Å². The summed E-state index contributed by atoms with van der Waals surface area (Å²) in [6.45, 7) is 6.05. The van der Waals surface area contributed by atoms with Gasteiger partial charge in [-0.2, -0.15) is 0 Å². The number of benzene rings is 1. The summed E-state index contributed by atoms with van der Waals surface area (Å²) in [5, 5.41) is 3.59. The van der Waals surface area contributed by atoms with Crippen LogP contribution in [0.15, 0.2) is 16.6 Å². The molecule has 0 aliphatic carbocycles. The molecular formula is C14H21BrN2O. The van der Waals surface area contributed by atoms with Gasteiger partial charge in [0.2, 0.25) is 0 Å². The Morgan fingerprint density at radius 2 is 2.06 bits per heavy atom. The van der Waals surface area contributed by atoms with Gasteiger partial charge in [0.1, 0.15) is 0 Å². The Labute approximate surface area is 117 Å². The summed E-state index contributed by atoms with van der Waals surface area (Å²) in [5.41, 5.74) is 8.95. The molecule has 0 radical (unpaired) electrons. The number of nitrogens with one attached hydrogen (secondary N) is 1. The van der Waals surface area contributed by atoms with Crippen LogP contribution in [0.1, 0.15) is 25.3 Å². The number of hydrogen-bond acceptors (Lipinski definition) is 3. The zero-order valence-corrected chi connectivity index (χ0v) is 12.6. The predicted molar refractivity (Wildman–Crippen MR) is 79.9 cm³/mol. The van der Waals surface area contributed by atoms with Crippen LogP contribution in [0.2, 0.25) is 0 Å². The van der Waals surface area contributed by atoms with Crippen LogP contribution >= 0.6 is 15.9 Å². The molecule has 0 amide bonds. The van der Waals surface area contributed by atoms with Crippen LogP contribution in [-0.4, -0.2) is 19.3 Å². The molecule has 100 valence electrons. The first-order valence-electron chi connectivity index (χ1n) is 6.48. The minimum atomic E-state index is 0.452. The highest BCUT2D eigenvalue weighted by atomic mass is 79.9. The first-order valence-corrected chi connectivity index (χ1v) is 7.27. The van der Waals surface area contributed by atoms with Gasteiger partial charge in [-0.15, -0.1) is 0 Å². The normalized spacial score (nSPS) is 18.6. The maximum atomic E-state index is 5.89. The van der Waals surface area contributed by atoms with Crippen LogP contribution in [0, 0.1) is 12.8 Å². The van der Waals surface area contributed by atoms with E-state index in [1.54, 1.807) is 0 Å². The molecule has 1 unspecified atom stereocenters. The third kappa shape index (κ3) is 3.18. The topological polar surface area (TPSA) is 47.3 Å². The average Bonchev–Trinajstić information content (AvgIpc) is 2.37. The number of aryl methyl sites for hydroxylation is 1. The first kappa shape index (κ1) is 13.7. The van der Waals surface area contributed by atoms with Crippen molar-refractivity contribution in [1.29, 1.82) is 0 Å². The number of hydrogen-bond donors (Lipinski definition) is 2. The molecule has 1 atom stereocenters. The SMILES string of the molecule is Cc1cc(NC(C)C2CCOCC2)c(Br)cc1N. The molecule has 3 N–H and O–H groups in total. The van der Waals surface area contributed by atoms with Gasteiger partial charge in [-0.3, -0.25) is 0 Å². The van der Waals surface area contributed by atoms with Crippen molar-refractivity contribution in [2.45, 2.75) is 32.7 Å². The summed E-state index contributed by atoms with van der Waals surface area (Å²) >= 11 is 3.57. The highest BCUT2D eigenvalue weighted by Gasteiger charge is 2.20. The highest BCUT2D eigenvalue weighted by molar-refractivity contribution is 9.10. The molecule has 1 aliphatic heterocycles. The second-order valence-corrected chi connectivity index (χ2v) is 5.93. The molecule has 1 aromatic carbocycles. The van der Waals surface area contributed by atoms with Crippen molar-refractivity contribution in [3.63, 3.8) is 0 Å². The predicted octanol–water partition coefficient (Wildman–Crippen LogP) is 3.57. The van der Waals surface area contributed by atoms with E-state index in [-0.39, 0.29) is 0 Å². The summed E-state index contributed by atoms with van der Waals surface area (Å²) in [7, 11) is 0. The van der Waals surface area contributed by atoms with Gasteiger partial charge in [0, 0.05) is 35.1 Å². The lowest BCUT2D eigenvalue weighted by molar-refractivity contribution is 0.0622. The first-order chi connectivity index (χ1) is 8.58. The molecule has 0 bridgehead atoms. The Morgan fingerprint density at radius 3 is 2.72 bits per heavy atom. The molecule has 4 heteroatoms. The lowest BCUT2D eigenvalue weighted by atomic mass is 9.93. The summed E-state index contributed by atoms with van der Waals surface area (Å²) < 4.78 is 6.44. The molecule has 18 heavy (non-hydrogen) atoms. The van der Waals surface area contributed by atoms with Gasteiger partial charge >= 0.3 is 0 Å². The van der Waals surface area contributed by atoms with Crippen molar-refractivity contribution < 1.29 is 4.74 Å². The van der Waals surface area contributed by atoms with Gasteiger partial charge in [-0.25, -0.2) is 0 Å². The maximum absolute atomic E-state index is 5.89. The second kappa shape index (κ2) is 5.93. The molecule has 1 fully saturated rings. The van der Waals surface area contributed by atoms with Crippen LogP contribution in [0.5, 0.6) is 0 Å². The van der Waals surface area contributed by atoms with Gasteiger partial charge in [0.05, 0.1) is 0 Å². The van der Waals surface area contributed by atoms with Crippen molar-refractivity contribution >= 4 is 27.3 Å². The van der Waals surface area contributed by atoms with Crippen molar-refractivity contribution in [3.8, 4) is 0 Å². The number of halogens is 1. The van der Waals surface area contributed by atoms with E-state index in [2.05, 4.69) is 34.2 Å². The van der Waals surface area contributed by atoms with Gasteiger partial charge in [-0.05, 0) is 66.2 Å². The molecule has 1 saturated heterocycles. The summed E-state index contributed by atoms with van der Waals surface area (Å²) in [4.78, 5) is 0. The van der Waals surface area contributed by atoms with Crippen LogP contribution in [0.3, 0.4) is 0 Å². The van der Waals surface area contributed by atoms with E-state index in [9.17, 15) is 0 Å². The Hall–Kier alpha value is -0.740. The minimum Gasteiger partial charge on any atom is -0.398 e. The van der Waals surface area contributed by atoms with E-state index in [1.807, 2.05) is 13.0 Å². The Bertz CT molecular complexity index is 417. The van der Waals surface area contributed by atoms with Crippen molar-refractivity contribution in [1.82, 2.24) is 0 Å². The van der Waals surface area contributed by atoms with Crippen molar-refractivity contribution in [3.05, 3.63) is 22.2 Å². The van der Waals surface area contributed by atoms with Crippen molar-refractivity contribution in [2.75, 3.05) is 24.3 Å². The van der Waals surface area contributed by atoms with E-state index in [1.165, 1.54) is 0 Å². The number of anilines is 2. The standard InChI is InChI=1S/C14H21BrN2O/c1-9-7-14(12(15)8-13(9)16)17-10(2)11-3-5-18-6-4-11/h7-8,10-11,17H,3-6,16H2,1-2H3. The third-order valence-electron chi connectivity index (χ3n) is 3.71. The van der Waals surface area contributed by atoms with Crippen molar-refractivity contribution in [2.24, 2.45) is 5.92 Å². The summed E-state index contributed by atoms with van der Waals surface area (Å²) in [6, 6.07) is 4.53. The molecular weight excluding hydrogens is 292 g/mol. The van der Waals surface area contributed by atoms with E-state index in [4.69, 9.17) is 10.5 Å². The number of rotatable bonds is 3. The molecule has 1 heterocycles. The monoisotopic (exact) mass is 312 g/mol. The highest BCUT2D eigenvalue weighted by Crippen LogP contribution is 2.30. The fourth-order valence-electron chi connectivity index (χ4n) is 2.39. The minimum absolute atomic E-state index is 0.452. The Kier molecular flexibility index (Phi) is 4.51. The third-order valence-corrected chi connectivity index (χ3v) is 4.37. The quantitative estimate of drug-likeness (QED) is 0.839. The van der Waals surface area contributed by atoms with Crippen LogP contribution in [0.25, 0.3) is 0 Å². The van der Waals surface area contributed by atoms with Crippen LogP contribution in [0.4, 0.5) is 11.4 Å². The molecule has 0 saturated carbocycles. The zero-order chi connectivity index (χ0) is 13.1. The lowest BCUT2D eigenvalue weighted by Crippen LogP contribution is -2.31. The molecule has 2 rings (SSSR count). The van der Waals surface area contributed by atoms with Gasteiger partial charge in [0.15, 0.2) is 0 Å². The van der Waals surface area contributed by atoms with E-state index in [0.717, 1.165) is 47.5 Å². The van der Waals surface area contributed by atoms with E-state index < -0.39 is 0 Å². The lowest BCUT2D eigenvalue weighted by Gasteiger charge is -2.29. The Morgan fingerprint density at radius 1 is 1.39 bits per heavy atom. The smallest absolute Gasteiger partial charge is 0.0490 e. The number of nitrogen functional groups attached to an aromatic ring is 1. The zero-order valence-electron chi connectivity index (χ0n) is 11.0. The van der Waals surface area contributed by atoms with E-state index in [0.29, 0.717) is 12.0 Å². The van der Waals surface area contributed by atoms with Gasteiger partial charge in [0.25, 0.3) is 0 Å². The second-order valence-electron chi connectivity index (χ2n) is 5.07.